The summed E-state index contributed by atoms with van der Waals surface area (Å²) >= 11 is 1.76. The van der Waals surface area contributed by atoms with E-state index >= 15 is 0 Å². The van der Waals surface area contributed by atoms with E-state index in [0.29, 0.717) is 12.3 Å². The Balaban J connectivity index is 1.55. The molecule has 0 unspecified atom stereocenters. The molecule has 2 aromatic heterocycles. The molecule has 1 aromatic carbocycles. The Kier molecular flexibility index (Phi) is 6.86. The summed E-state index contributed by atoms with van der Waals surface area (Å²) in [5.41, 5.74) is 2.59. The number of hydrogen-bond acceptors (Lipinski definition) is 5. The van der Waals surface area contributed by atoms with Gasteiger partial charge in [-0.05, 0) is 37.8 Å². The third-order valence-electron chi connectivity index (χ3n) is 6.21. The summed E-state index contributed by atoms with van der Waals surface area (Å²) < 4.78 is 0. The number of thiophene rings is 1. The molecule has 1 aliphatic heterocycles. The van der Waals surface area contributed by atoms with E-state index in [9.17, 15) is 4.79 Å². The van der Waals surface area contributed by atoms with Crippen LogP contribution >= 0.6 is 11.3 Å². The van der Waals surface area contributed by atoms with Gasteiger partial charge in [0.25, 0.3) is 0 Å². The van der Waals surface area contributed by atoms with E-state index in [4.69, 9.17) is 9.97 Å². The lowest BCUT2D eigenvalue weighted by molar-refractivity contribution is -0.131. The fourth-order valence-electron chi connectivity index (χ4n) is 4.17. The largest absolute Gasteiger partial charge is 0.352 e. The van der Waals surface area contributed by atoms with Gasteiger partial charge in [0.05, 0.1) is 5.39 Å². The predicted octanol–water partition coefficient (Wildman–Crippen LogP) is 4.93. The van der Waals surface area contributed by atoms with Crippen LogP contribution in [0.15, 0.2) is 30.3 Å². The van der Waals surface area contributed by atoms with Crippen molar-refractivity contribution in [1.29, 1.82) is 0 Å². The predicted molar refractivity (Wildman–Crippen MR) is 129 cm³/mol. The van der Waals surface area contributed by atoms with Crippen LogP contribution in [-0.4, -0.2) is 47.0 Å². The van der Waals surface area contributed by atoms with E-state index in [0.717, 1.165) is 68.3 Å². The summed E-state index contributed by atoms with van der Waals surface area (Å²) in [7, 11) is 0. The highest BCUT2D eigenvalue weighted by molar-refractivity contribution is 7.18. The molecule has 1 fully saturated rings. The zero-order chi connectivity index (χ0) is 21.8. The van der Waals surface area contributed by atoms with Gasteiger partial charge in [-0.15, -0.1) is 11.3 Å². The van der Waals surface area contributed by atoms with Crippen LogP contribution in [0.1, 0.15) is 48.0 Å². The fraction of sp³-hybridized carbons (Fsp3) is 0.480. The normalized spacial score (nSPS) is 14.4. The van der Waals surface area contributed by atoms with Crippen molar-refractivity contribution in [3.63, 3.8) is 0 Å². The fourth-order valence-corrected chi connectivity index (χ4v) is 5.21. The van der Waals surface area contributed by atoms with Crippen LogP contribution in [0.3, 0.4) is 0 Å². The third kappa shape index (κ3) is 4.90. The molecule has 1 saturated heterocycles. The van der Waals surface area contributed by atoms with Crippen LogP contribution in [0.2, 0.25) is 0 Å². The van der Waals surface area contributed by atoms with Gasteiger partial charge >= 0.3 is 0 Å². The van der Waals surface area contributed by atoms with Crippen LogP contribution < -0.4 is 4.90 Å². The number of benzene rings is 1. The SMILES string of the molecule is CCCCC(=O)N1CCN(c2nc(CCc3ccccc3)nc3sc(C)c(C)c23)CC1. The molecular formula is C25H32N4OS. The molecule has 0 bridgehead atoms. The molecular weight excluding hydrogens is 404 g/mol. The van der Waals surface area contributed by atoms with Crippen LogP contribution in [0.5, 0.6) is 0 Å². The summed E-state index contributed by atoms with van der Waals surface area (Å²) in [5, 5.41) is 1.19. The second-order valence-corrected chi connectivity index (χ2v) is 9.59. The first-order chi connectivity index (χ1) is 15.1. The second kappa shape index (κ2) is 9.77. The Morgan fingerprint density at radius 1 is 1.03 bits per heavy atom. The van der Waals surface area contributed by atoms with Gasteiger partial charge < -0.3 is 9.80 Å². The maximum absolute atomic E-state index is 12.4. The number of rotatable bonds is 7. The van der Waals surface area contributed by atoms with E-state index < -0.39 is 0 Å². The molecule has 0 spiro atoms. The number of amides is 1. The van der Waals surface area contributed by atoms with Crippen molar-refractivity contribution in [3.8, 4) is 0 Å². The van der Waals surface area contributed by atoms with Crippen molar-refractivity contribution >= 4 is 33.3 Å². The Morgan fingerprint density at radius 2 is 1.77 bits per heavy atom. The molecule has 0 saturated carbocycles. The van der Waals surface area contributed by atoms with Crippen molar-refractivity contribution in [2.75, 3.05) is 31.1 Å². The van der Waals surface area contributed by atoms with Crippen LogP contribution in [-0.2, 0) is 17.6 Å². The smallest absolute Gasteiger partial charge is 0.222 e. The molecule has 1 aliphatic rings. The third-order valence-corrected chi connectivity index (χ3v) is 7.31. The molecule has 0 N–H and O–H groups in total. The molecule has 1 amide bonds. The van der Waals surface area contributed by atoms with E-state index in [-0.39, 0.29) is 0 Å². The number of nitrogens with zero attached hydrogens (tertiary/aromatic N) is 4. The Labute approximate surface area is 189 Å². The zero-order valence-corrected chi connectivity index (χ0v) is 19.7. The number of fused-ring (bicyclic) bond motifs is 1. The van der Waals surface area contributed by atoms with Crippen molar-refractivity contribution in [2.45, 2.75) is 52.9 Å². The molecule has 0 radical (unpaired) electrons. The first-order valence-electron chi connectivity index (χ1n) is 11.4. The average Bonchev–Trinajstić information content (AvgIpc) is 3.09. The van der Waals surface area contributed by atoms with Crippen molar-refractivity contribution in [1.82, 2.24) is 14.9 Å². The minimum atomic E-state index is 0.292. The zero-order valence-electron chi connectivity index (χ0n) is 18.9. The van der Waals surface area contributed by atoms with Gasteiger partial charge in [0.1, 0.15) is 16.5 Å². The van der Waals surface area contributed by atoms with E-state index in [1.165, 1.54) is 21.4 Å². The number of carbonyl (C=O) groups is 1. The summed E-state index contributed by atoms with van der Waals surface area (Å²) in [4.78, 5) is 29.2. The number of carbonyl (C=O) groups excluding carboxylic acids is 1. The molecule has 31 heavy (non-hydrogen) atoms. The number of anilines is 1. The molecule has 3 heterocycles. The van der Waals surface area contributed by atoms with Crippen molar-refractivity contribution < 1.29 is 4.79 Å². The Hall–Kier alpha value is -2.47. The standard InChI is InChI=1S/C25H32N4OS/c1-4-5-11-22(30)28-14-16-29(17-15-28)24-23-18(2)19(3)31-25(23)27-21(26-24)13-12-20-9-7-6-8-10-20/h6-10H,4-5,11-17H2,1-3H3. The van der Waals surface area contributed by atoms with Gasteiger partial charge in [0.15, 0.2) is 0 Å². The van der Waals surface area contributed by atoms with Crippen molar-refractivity contribution in [3.05, 3.63) is 52.2 Å². The minimum absolute atomic E-state index is 0.292. The summed E-state index contributed by atoms with van der Waals surface area (Å²) in [6.07, 6.45) is 4.48. The van der Waals surface area contributed by atoms with Gasteiger partial charge in [0, 0.05) is 43.9 Å². The lowest BCUT2D eigenvalue weighted by Crippen LogP contribution is -2.49. The molecule has 0 atom stereocenters. The topological polar surface area (TPSA) is 49.3 Å². The number of aromatic nitrogens is 2. The molecule has 4 rings (SSSR count). The Bertz CT molecular complexity index is 1040. The molecule has 164 valence electrons. The molecule has 3 aromatic rings. The number of piperazine rings is 1. The Morgan fingerprint density at radius 3 is 2.48 bits per heavy atom. The van der Waals surface area contributed by atoms with Gasteiger partial charge in [-0.3, -0.25) is 4.79 Å². The van der Waals surface area contributed by atoms with Crippen molar-refractivity contribution in [2.24, 2.45) is 0 Å². The lowest BCUT2D eigenvalue weighted by atomic mass is 10.1. The van der Waals surface area contributed by atoms with Gasteiger partial charge in [-0.2, -0.15) is 0 Å². The monoisotopic (exact) mass is 436 g/mol. The quantitative estimate of drug-likeness (QED) is 0.527. The van der Waals surface area contributed by atoms with E-state index in [2.05, 4.69) is 49.9 Å². The lowest BCUT2D eigenvalue weighted by Gasteiger charge is -2.36. The van der Waals surface area contributed by atoms with Gasteiger partial charge in [-0.1, -0.05) is 43.7 Å². The van der Waals surface area contributed by atoms with Gasteiger partial charge in [0.2, 0.25) is 5.91 Å². The summed E-state index contributed by atoms with van der Waals surface area (Å²) in [6, 6.07) is 10.5. The van der Waals surface area contributed by atoms with Crippen LogP contribution in [0.4, 0.5) is 5.82 Å². The number of hydrogen-bond donors (Lipinski definition) is 0. The maximum Gasteiger partial charge on any atom is 0.222 e. The first-order valence-corrected chi connectivity index (χ1v) is 12.2. The van der Waals surface area contributed by atoms with Gasteiger partial charge in [-0.25, -0.2) is 9.97 Å². The molecule has 6 heteroatoms. The second-order valence-electron chi connectivity index (χ2n) is 8.38. The maximum atomic E-state index is 12.4. The first kappa shape index (κ1) is 21.8. The number of unbranched alkanes of at least 4 members (excludes halogenated alkanes) is 1. The summed E-state index contributed by atoms with van der Waals surface area (Å²) in [6.45, 7) is 9.68. The highest BCUT2D eigenvalue weighted by Crippen LogP contribution is 2.35. The molecule has 5 nitrogen and oxygen atoms in total. The van der Waals surface area contributed by atoms with E-state index in [1.54, 1.807) is 11.3 Å². The van der Waals surface area contributed by atoms with Crippen LogP contribution in [0, 0.1) is 13.8 Å². The van der Waals surface area contributed by atoms with E-state index in [1.807, 2.05) is 11.0 Å². The minimum Gasteiger partial charge on any atom is -0.352 e. The molecule has 0 aliphatic carbocycles. The average molecular weight is 437 g/mol. The summed E-state index contributed by atoms with van der Waals surface area (Å²) in [5.74, 6) is 2.25. The number of aryl methyl sites for hydroxylation is 4. The van der Waals surface area contributed by atoms with Crippen LogP contribution in [0.25, 0.3) is 10.2 Å². The highest BCUT2D eigenvalue weighted by atomic mass is 32.1. The highest BCUT2D eigenvalue weighted by Gasteiger charge is 2.25.